The highest BCUT2D eigenvalue weighted by molar-refractivity contribution is 5.35. The second-order valence-electron chi connectivity index (χ2n) is 4.30. The highest BCUT2D eigenvalue weighted by atomic mass is 15.1. The van der Waals surface area contributed by atoms with Crippen molar-refractivity contribution >= 4 is 5.82 Å². The molecule has 0 amide bonds. The van der Waals surface area contributed by atoms with Crippen molar-refractivity contribution in [2.45, 2.75) is 26.3 Å². The van der Waals surface area contributed by atoms with Gasteiger partial charge in [-0.05, 0) is 53.0 Å². The monoisotopic (exact) mass is 207 g/mol. The van der Waals surface area contributed by atoms with E-state index in [-0.39, 0.29) is 0 Å². The van der Waals surface area contributed by atoms with Crippen LogP contribution in [0.2, 0.25) is 0 Å². The van der Waals surface area contributed by atoms with E-state index in [0.717, 1.165) is 24.5 Å². The number of rotatable bonds is 5. The fourth-order valence-corrected chi connectivity index (χ4v) is 1.40. The topological polar surface area (TPSA) is 28.2 Å². The standard InChI is InChI=1S/C12H21N3/c1-10-6-5-7-12(13-10)14-11(2)8-9-15(3)4/h5-7,11H,8-9H2,1-4H3,(H,13,14). The number of hydrogen-bond donors (Lipinski definition) is 1. The van der Waals surface area contributed by atoms with Crippen molar-refractivity contribution in [3.63, 3.8) is 0 Å². The zero-order chi connectivity index (χ0) is 11.3. The highest BCUT2D eigenvalue weighted by Crippen LogP contribution is 2.07. The molecule has 1 unspecified atom stereocenters. The molecule has 1 rings (SSSR count). The Morgan fingerprint density at radius 1 is 1.40 bits per heavy atom. The summed E-state index contributed by atoms with van der Waals surface area (Å²) in [7, 11) is 4.19. The van der Waals surface area contributed by atoms with Crippen LogP contribution in [0.1, 0.15) is 19.0 Å². The van der Waals surface area contributed by atoms with Crippen LogP contribution in [0.25, 0.3) is 0 Å². The maximum absolute atomic E-state index is 4.42. The third kappa shape index (κ3) is 4.79. The number of pyridine rings is 1. The van der Waals surface area contributed by atoms with E-state index in [4.69, 9.17) is 0 Å². The first kappa shape index (κ1) is 12.0. The molecule has 1 N–H and O–H groups in total. The molecule has 1 aromatic heterocycles. The molecular formula is C12H21N3. The summed E-state index contributed by atoms with van der Waals surface area (Å²) in [4.78, 5) is 6.61. The van der Waals surface area contributed by atoms with Crippen LogP contribution in [0, 0.1) is 6.92 Å². The zero-order valence-electron chi connectivity index (χ0n) is 10.1. The highest BCUT2D eigenvalue weighted by Gasteiger charge is 2.03. The SMILES string of the molecule is Cc1cccc(NC(C)CCN(C)C)n1. The first-order chi connectivity index (χ1) is 7.08. The van der Waals surface area contributed by atoms with E-state index in [0.29, 0.717) is 6.04 Å². The summed E-state index contributed by atoms with van der Waals surface area (Å²) in [5.74, 6) is 0.973. The van der Waals surface area contributed by atoms with Crippen molar-refractivity contribution in [3.05, 3.63) is 23.9 Å². The molecule has 15 heavy (non-hydrogen) atoms. The Bertz CT molecular complexity index is 297. The predicted molar refractivity (Wildman–Crippen MR) is 65.2 cm³/mol. The van der Waals surface area contributed by atoms with Gasteiger partial charge in [-0.1, -0.05) is 6.07 Å². The smallest absolute Gasteiger partial charge is 0.126 e. The van der Waals surface area contributed by atoms with E-state index in [2.05, 4.69) is 36.2 Å². The number of nitrogens with one attached hydrogen (secondary N) is 1. The van der Waals surface area contributed by atoms with Crippen molar-refractivity contribution in [2.75, 3.05) is 26.0 Å². The van der Waals surface area contributed by atoms with Crippen LogP contribution < -0.4 is 5.32 Å². The van der Waals surface area contributed by atoms with Crippen LogP contribution in [-0.2, 0) is 0 Å². The molecule has 3 heteroatoms. The quantitative estimate of drug-likeness (QED) is 0.802. The van der Waals surface area contributed by atoms with Gasteiger partial charge in [0.15, 0.2) is 0 Å². The average molecular weight is 207 g/mol. The van der Waals surface area contributed by atoms with Crippen molar-refractivity contribution < 1.29 is 0 Å². The minimum Gasteiger partial charge on any atom is -0.368 e. The summed E-state index contributed by atoms with van der Waals surface area (Å²) < 4.78 is 0. The summed E-state index contributed by atoms with van der Waals surface area (Å²) in [5.41, 5.74) is 1.06. The normalized spacial score (nSPS) is 12.9. The van der Waals surface area contributed by atoms with E-state index in [1.165, 1.54) is 0 Å². The van der Waals surface area contributed by atoms with Crippen LogP contribution in [0.15, 0.2) is 18.2 Å². The van der Waals surface area contributed by atoms with Crippen molar-refractivity contribution in [2.24, 2.45) is 0 Å². The Morgan fingerprint density at radius 3 is 2.73 bits per heavy atom. The Hall–Kier alpha value is -1.09. The lowest BCUT2D eigenvalue weighted by atomic mass is 10.2. The van der Waals surface area contributed by atoms with Gasteiger partial charge in [0.25, 0.3) is 0 Å². The van der Waals surface area contributed by atoms with Crippen LogP contribution >= 0.6 is 0 Å². The van der Waals surface area contributed by atoms with Crippen molar-refractivity contribution in [3.8, 4) is 0 Å². The summed E-state index contributed by atoms with van der Waals surface area (Å²) in [6.45, 7) is 5.29. The lowest BCUT2D eigenvalue weighted by Gasteiger charge is -2.17. The molecule has 0 bridgehead atoms. The van der Waals surface area contributed by atoms with E-state index < -0.39 is 0 Å². The molecule has 0 radical (unpaired) electrons. The zero-order valence-corrected chi connectivity index (χ0v) is 10.1. The lowest BCUT2D eigenvalue weighted by Crippen LogP contribution is -2.23. The molecule has 0 aliphatic heterocycles. The fourth-order valence-electron chi connectivity index (χ4n) is 1.40. The van der Waals surface area contributed by atoms with Crippen molar-refractivity contribution in [1.29, 1.82) is 0 Å². The molecule has 0 saturated heterocycles. The first-order valence-electron chi connectivity index (χ1n) is 5.43. The molecule has 0 aliphatic rings. The number of aryl methyl sites for hydroxylation is 1. The molecule has 3 nitrogen and oxygen atoms in total. The van der Waals surface area contributed by atoms with Crippen LogP contribution in [-0.4, -0.2) is 36.6 Å². The van der Waals surface area contributed by atoms with Crippen LogP contribution in [0.5, 0.6) is 0 Å². The van der Waals surface area contributed by atoms with Crippen LogP contribution in [0.4, 0.5) is 5.82 Å². The largest absolute Gasteiger partial charge is 0.368 e. The fraction of sp³-hybridized carbons (Fsp3) is 0.583. The second kappa shape index (κ2) is 5.71. The molecule has 0 fully saturated rings. The maximum atomic E-state index is 4.42. The summed E-state index contributed by atoms with van der Waals surface area (Å²) in [6.07, 6.45) is 1.13. The van der Waals surface area contributed by atoms with Gasteiger partial charge in [-0.25, -0.2) is 4.98 Å². The van der Waals surface area contributed by atoms with Gasteiger partial charge in [-0.15, -0.1) is 0 Å². The van der Waals surface area contributed by atoms with Gasteiger partial charge in [-0.3, -0.25) is 0 Å². The maximum Gasteiger partial charge on any atom is 0.126 e. The minimum absolute atomic E-state index is 0.460. The molecule has 1 heterocycles. The summed E-state index contributed by atoms with van der Waals surface area (Å²) in [6, 6.07) is 6.51. The number of aromatic nitrogens is 1. The van der Waals surface area contributed by atoms with E-state index in [1.54, 1.807) is 0 Å². The van der Waals surface area contributed by atoms with Gasteiger partial charge in [0.05, 0.1) is 0 Å². The molecule has 1 aromatic rings. The number of anilines is 1. The van der Waals surface area contributed by atoms with Gasteiger partial charge < -0.3 is 10.2 Å². The Kier molecular flexibility index (Phi) is 4.56. The molecular weight excluding hydrogens is 186 g/mol. The van der Waals surface area contributed by atoms with Gasteiger partial charge in [-0.2, -0.15) is 0 Å². The predicted octanol–water partition coefficient (Wildman–Crippen LogP) is 2.14. The number of nitrogens with zero attached hydrogens (tertiary/aromatic N) is 2. The van der Waals surface area contributed by atoms with E-state index in [9.17, 15) is 0 Å². The Morgan fingerprint density at radius 2 is 2.13 bits per heavy atom. The van der Waals surface area contributed by atoms with Crippen LogP contribution in [0.3, 0.4) is 0 Å². The van der Waals surface area contributed by atoms with E-state index in [1.807, 2.05) is 25.1 Å². The summed E-state index contributed by atoms with van der Waals surface area (Å²) in [5, 5.41) is 3.40. The first-order valence-corrected chi connectivity index (χ1v) is 5.43. The lowest BCUT2D eigenvalue weighted by molar-refractivity contribution is 0.390. The van der Waals surface area contributed by atoms with E-state index >= 15 is 0 Å². The van der Waals surface area contributed by atoms with Crippen molar-refractivity contribution in [1.82, 2.24) is 9.88 Å². The molecule has 0 saturated carbocycles. The third-order valence-corrected chi connectivity index (χ3v) is 2.29. The summed E-state index contributed by atoms with van der Waals surface area (Å²) >= 11 is 0. The second-order valence-corrected chi connectivity index (χ2v) is 4.30. The van der Waals surface area contributed by atoms with Gasteiger partial charge >= 0.3 is 0 Å². The number of hydrogen-bond acceptors (Lipinski definition) is 3. The molecule has 84 valence electrons. The molecule has 0 aromatic carbocycles. The van der Waals surface area contributed by atoms with Gasteiger partial charge in [0, 0.05) is 11.7 Å². The van der Waals surface area contributed by atoms with Gasteiger partial charge in [0.2, 0.25) is 0 Å². The Labute approximate surface area is 92.5 Å². The van der Waals surface area contributed by atoms with Gasteiger partial charge in [0.1, 0.15) is 5.82 Å². The minimum atomic E-state index is 0.460. The molecule has 1 atom stereocenters. The molecule has 0 aliphatic carbocycles. The average Bonchev–Trinajstić information content (AvgIpc) is 2.15. The molecule has 0 spiro atoms. The Balaban J connectivity index is 2.40. The third-order valence-electron chi connectivity index (χ3n) is 2.29.